The number of hydrogen-bond acceptors (Lipinski definition) is 5. The van der Waals surface area contributed by atoms with E-state index in [9.17, 15) is 4.79 Å². The molecule has 0 aliphatic carbocycles. The van der Waals surface area contributed by atoms with Gasteiger partial charge in [0, 0.05) is 42.5 Å². The predicted molar refractivity (Wildman–Crippen MR) is 76.8 cm³/mol. The van der Waals surface area contributed by atoms with E-state index in [0.717, 1.165) is 30.9 Å². The van der Waals surface area contributed by atoms with Gasteiger partial charge in [0.25, 0.3) is 5.91 Å². The highest BCUT2D eigenvalue weighted by Gasteiger charge is 2.27. The molecule has 3 heterocycles. The number of piperidine rings is 1. The molecule has 0 spiro atoms. The van der Waals surface area contributed by atoms with Crippen LogP contribution in [0.3, 0.4) is 0 Å². The third-order valence-electron chi connectivity index (χ3n) is 3.48. The zero-order valence-electron chi connectivity index (χ0n) is 11.3. The molecule has 3 rings (SSSR count). The third kappa shape index (κ3) is 2.70. The number of nitrogens with zero attached hydrogens (tertiary/aromatic N) is 4. The van der Waals surface area contributed by atoms with E-state index in [1.54, 1.807) is 23.7 Å². The Morgan fingerprint density at radius 1 is 1.35 bits per heavy atom. The fraction of sp³-hybridized carbons (Fsp3) is 0.429. The van der Waals surface area contributed by atoms with Gasteiger partial charge in [0.15, 0.2) is 0 Å². The number of amides is 1. The summed E-state index contributed by atoms with van der Waals surface area (Å²) in [7, 11) is 0. The number of aromatic nitrogens is 3. The summed E-state index contributed by atoms with van der Waals surface area (Å²) in [6, 6.07) is 0. The van der Waals surface area contributed by atoms with E-state index >= 15 is 0 Å². The van der Waals surface area contributed by atoms with E-state index in [1.807, 2.05) is 11.1 Å². The molecule has 1 atom stereocenters. The zero-order valence-corrected chi connectivity index (χ0v) is 12.1. The zero-order chi connectivity index (χ0) is 13.9. The van der Waals surface area contributed by atoms with Gasteiger partial charge in [-0.25, -0.2) is 9.97 Å². The lowest BCUT2D eigenvalue weighted by atomic mass is 9.98. The molecule has 1 amide bonds. The lowest BCUT2D eigenvalue weighted by molar-refractivity contribution is 0.0700. The maximum atomic E-state index is 12.4. The van der Waals surface area contributed by atoms with Crippen molar-refractivity contribution in [1.29, 1.82) is 0 Å². The van der Waals surface area contributed by atoms with Crippen LogP contribution >= 0.6 is 11.3 Å². The molecular weight excluding hydrogens is 272 g/mol. The highest BCUT2D eigenvalue weighted by Crippen LogP contribution is 2.30. The van der Waals surface area contributed by atoms with E-state index < -0.39 is 0 Å². The van der Waals surface area contributed by atoms with Gasteiger partial charge in [-0.05, 0) is 19.8 Å². The van der Waals surface area contributed by atoms with Crippen molar-refractivity contribution in [3.63, 3.8) is 0 Å². The van der Waals surface area contributed by atoms with Crippen molar-refractivity contribution < 1.29 is 4.79 Å². The number of rotatable bonds is 2. The van der Waals surface area contributed by atoms with Crippen molar-refractivity contribution in [3.05, 3.63) is 40.4 Å². The summed E-state index contributed by atoms with van der Waals surface area (Å²) in [4.78, 5) is 28.0. The Balaban J connectivity index is 1.74. The van der Waals surface area contributed by atoms with Crippen LogP contribution in [0.1, 0.15) is 39.1 Å². The first-order valence-corrected chi connectivity index (χ1v) is 7.53. The minimum absolute atomic E-state index is 0.0314. The van der Waals surface area contributed by atoms with E-state index in [1.165, 1.54) is 11.1 Å². The minimum Gasteiger partial charge on any atom is -0.337 e. The van der Waals surface area contributed by atoms with E-state index in [-0.39, 0.29) is 5.91 Å². The van der Waals surface area contributed by atoms with Crippen LogP contribution in [0.2, 0.25) is 0 Å². The molecule has 5 nitrogen and oxygen atoms in total. The Kier molecular flexibility index (Phi) is 3.73. The molecule has 0 radical (unpaired) electrons. The number of thiazole rings is 1. The monoisotopic (exact) mass is 288 g/mol. The maximum Gasteiger partial charge on any atom is 0.274 e. The molecular formula is C14H16N4OS. The molecule has 1 unspecified atom stereocenters. The van der Waals surface area contributed by atoms with E-state index in [0.29, 0.717) is 11.6 Å². The van der Waals surface area contributed by atoms with Gasteiger partial charge in [-0.3, -0.25) is 9.78 Å². The smallest absolute Gasteiger partial charge is 0.274 e. The van der Waals surface area contributed by atoms with Gasteiger partial charge >= 0.3 is 0 Å². The number of hydrogen-bond donors (Lipinski definition) is 0. The summed E-state index contributed by atoms with van der Waals surface area (Å²) < 4.78 is 0. The van der Waals surface area contributed by atoms with Crippen LogP contribution in [-0.2, 0) is 0 Å². The first-order chi connectivity index (χ1) is 9.74. The van der Waals surface area contributed by atoms with E-state index in [2.05, 4.69) is 21.9 Å². The first-order valence-electron chi connectivity index (χ1n) is 6.71. The van der Waals surface area contributed by atoms with Gasteiger partial charge < -0.3 is 4.90 Å². The van der Waals surface area contributed by atoms with Gasteiger partial charge in [0.05, 0.1) is 11.2 Å². The van der Waals surface area contributed by atoms with Gasteiger partial charge in [0.2, 0.25) is 0 Å². The van der Waals surface area contributed by atoms with Crippen molar-refractivity contribution in [2.24, 2.45) is 0 Å². The summed E-state index contributed by atoms with van der Waals surface area (Å²) in [5.74, 6) is 0.319. The number of carbonyl (C=O) groups excluding carboxylic acids is 1. The Morgan fingerprint density at radius 2 is 2.25 bits per heavy atom. The average Bonchev–Trinajstić information content (AvgIpc) is 2.94. The summed E-state index contributed by atoms with van der Waals surface area (Å²) in [6.07, 6.45) is 8.67. The summed E-state index contributed by atoms with van der Waals surface area (Å²) in [5, 5.41) is 1.14. The molecule has 0 bridgehead atoms. The Hall–Kier alpha value is -1.82. The normalized spacial score (nSPS) is 19.1. The fourth-order valence-corrected chi connectivity index (χ4v) is 3.40. The minimum atomic E-state index is -0.0314. The highest BCUT2D eigenvalue weighted by molar-refractivity contribution is 7.11. The van der Waals surface area contributed by atoms with Gasteiger partial charge in [-0.15, -0.1) is 11.3 Å². The molecule has 1 saturated heterocycles. The van der Waals surface area contributed by atoms with Gasteiger partial charge in [0.1, 0.15) is 5.69 Å². The molecule has 2 aromatic heterocycles. The number of aryl methyl sites for hydroxylation is 1. The summed E-state index contributed by atoms with van der Waals surface area (Å²) in [5.41, 5.74) is 0.420. The topological polar surface area (TPSA) is 59.0 Å². The summed E-state index contributed by atoms with van der Waals surface area (Å²) >= 11 is 1.73. The van der Waals surface area contributed by atoms with Crippen LogP contribution in [-0.4, -0.2) is 38.8 Å². The standard InChI is InChI=1S/C14H16N4OS/c1-10-7-17-13(20-10)11-3-2-6-18(9-11)14(19)12-8-15-4-5-16-12/h4-5,7-8,11H,2-3,6,9H2,1H3. The van der Waals surface area contributed by atoms with Crippen LogP contribution in [0, 0.1) is 6.92 Å². The second kappa shape index (κ2) is 5.66. The Bertz CT molecular complexity index is 598. The molecule has 1 fully saturated rings. The first kappa shape index (κ1) is 13.2. The molecule has 0 N–H and O–H groups in total. The van der Waals surface area contributed by atoms with Crippen LogP contribution in [0.5, 0.6) is 0 Å². The van der Waals surface area contributed by atoms with Crippen LogP contribution in [0.15, 0.2) is 24.8 Å². The summed E-state index contributed by atoms with van der Waals surface area (Å²) in [6.45, 7) is 3.57. The molecule has 1 aliphatic heterocycles. The fourth-order valence-electron chi connectivity index (χ4n) is 2.50. The predicted octanol–water partition coefficient (Wildman–Crippen LogP) is 2.26. The van der Waals surface area contributed by atoms with Crippen molar-refractivity contribution in [2.45, 2.75) is 25.7 Å². The molecule has 20 heavy (non-hydrogen) atoms. The van der Waals surface area contributed by atoms with Crippen LogP contribution in [0.4, 0.5) is 0 Å². The molecule has 6 heteroatoms. The quantitative estimate of drug-likeness (QED) is 0.850. The maximum absolute atomic E-state index is 12.4. The van der Waals surface area contributed by atoms with Crippen molar-refractivity contribution in [1.82, 2.24) is 19.9 Å². The molecule has 2 aromatic rings. The lowest BCUT2D eigenvalue weighted by Crippen LogP contribution is -2.39. The van der Waals surface area contributed by atoms with Gasteiger partial charge in [-0.1, -0.05) is 0 Å². The van der Waals surface area contributed by atoms with Gasteiger partial charge in [-0.2, -0.15) is 0 Å². The average molecular weight is 288 g/mol. The molecule has 0 saturated carbocycles. The SMILES string of the molecule is Cc1cnc(C2CCCN(C(=O)c3cnccn3)C2)s1. The molecule has 0 aromatic carbocycles. The molecule has 104 valence electrons. The third-order valence-corrected chi connectivity index (χ3v) is 4.55. The second-order valence-electron chi connectivity index (χ2n) is 4.99. The van der Waals surface area contributed by atoms with Crippen LogP contribution in [0.25, 0.3) is 0 Å². The Labute approximate surface area is 121 Å². The van der Waals surface area contributed by atoms with Crippen LogP contribution < -0.4 is 0 Å². The Morgan fingerprint density at radius 3 is 2.95 bits per heavy atom. The largest absolute Gasteiger partial charge is 0.337 e. The number of carbonyl (C=O) groups is 1. The number of likely N-dealkylation sites (tertiary alicyclic amines) is 1. The van der Waals surface area contributed by atoms with Crippen molar-refractivity contribution in [3.8, 4) is 0 Å². The van der Waals surface area contributed by atoms with Crippen molar-refractivity contribution in [2.75, 3.05) is 13.1 Å². The molecule has 1 aliphatic rings. The lowest BCUT2D eigenvalue weighted by Gasteiger charge is -2.31. The van der Waals surface area contributed by atoms with E-state index in [4.69, 9.17) is 0 Å². The second-order valence-corrected chi connectivity index (χ2v) is 6.26. The highest BCUT2D eigenvalue weighted by atomic mass is 32.1. The van der Waals surface area contributed by atoms with Crippen molar-refractivity contribution >= 4 is 17.2 Å².